The number of hydrogen-bond acceptors (Lipinski definition) is 2. The van der Waals surface area contributed by atoms with Crippen LogP contribution in [0.3, 0.4) is 0 Å². The Hall–Kier alpha value is -2.30. The molecule has 0 bridgehead atoms. The van der Waals surface area contributed by atoms with Gasteiger partial charge in [-0.05, 0) is 56.6 Å². The molecule has 2 heterocycles. The first-order valence-corrected chi connectivity index (χ1v) is 10.3. The van der Waals surface area contributed by atoms with Gasteiger partial charge in [0, 0.05) is 48.6 Å². The lowest BCUT2D eigenvalue weighted by atomic mass is 9.81. The van der Waals surface area contributed by atoms with Gasteiger partial charge in [0.05, 0.1) is 0 Å². The van der Waals surface area contributed by atoms with Crippen molar-refractivity contribution in [1.82, 2.24) is 15.2 Å². The van der Waals surface area contributed by atoms with Crippen LogP contribution in [-0.4, -0.2) is 41.3 Å². The van der Waals surface area contributed by atoms with Crippen molar-refractivity contribution in [3.05, 3.63) is 36.0 Å². The lowest BCUT2D eigenvalue weighted by Crippen LogP contribution is -2.39. The zero-order valence-electron chi connectivity index (χ0n) is 15.9. The molecule has 5 nitrogen and oxygen atoms in total. The fourth-order valence-corrected chi connectivity index (χ4v) is 4.60. The number of benzene rings is 1. The van der Waals surface area contributed by atoms with E-state index in [4.69, 9.17) is 0 Å². The van der Waals surface area contributed by atoms with Crippen molar-refractivity contribution in [3.63, 3.8) is 0 Å². The summed E-state index contributed by atoms with van der Waals surface area (Å²) >= 11 is 0. The lowest BCUT2D eigenvalue weighted by molar-refractivity contribution is -0.137. The molecule has 1 saturated heterocycles. The van der Waals surface area contributed by atoms with Gasteiger partial charge >= 0.3 is 0 Å². The lowest BCUT2D eigenvalue weighted by Gasteiger charge is -2.29. The Labute approximate surface area is 160 Å². The Balaban J connectivity index is 1.22. The van der Waals surface area contributed by atoms with Crippen LogP contribution < -0.4 is 5.32 Å². The van der Waals surface area contributed by atoms with Gasteiger partial charge < -0.3 is 15.2 Å². The molecule has 2 aliphatic rings. The second kappa shape index (κ2) is 8.15. The topological polar surface area (TPSA) is 65.2 Å². The van der Waals surface area contributed by atoms with Gasteiger partial charge in [-0.1, -0.05) is 18.2 Å². The molecule has 0 atom stereocenters. The van der Waals surface area contributed by atoms with Gasteiger partial charge in [0.1, 0.15) is 0 Å². The summed E-state index contributed by atoms with van der Waals surface area (Å²) in [5.74, 6) is 0.682. The number of hydrogen-bond donors (Lipinski definition) is 2. The Morgan fingerprint density at radius 3 is 2.52 bits per heavy atom. The molecule has 27 heavy (non-hydrogen) atoms. The molecule has 2 aromatic rings. The molecule has 0 radical (unpaired) electrons. The van der Waals surface area contributed by atoms with E-state index in [2.05, 4.69) is 22.4 Å². The van der Waals surface area contributed by atoms with Crippen LogP contribution in [0.25, 0.3) is 10.9 Å². The summed E-state index contributed by atoms with van der Waals surface area (Å²) in [5, 5.41) is 4.34. The smallest absolute Gasteiger partial charge is 0.225 e. The summed E-state index contributed by atoms with van der Waals surface area (Å²) in [5.41, 5.74) is 2.38. The van der Waals surface area contributed by atoms with E-state index in [1.54, 1.807) is 0 Å². The van der Waals surface area contributed by atoms with Crippen LogP contribution in [0.1, 0.15) is 44.1 Å². The maximum atomic E-state index is 12.5. The maximum absolute atomic E-state index is 12.5. The zero-order valence-corrected chi connectivity index (χ0v) is 15.9. The number of likely N-dealkylation sites (tertiary alicyclic amines) is 1. The molecular weight excluding hydrogens is 338 g/mol. The minimum atomic E-state index is 0.0654. The van der Waals surface area contributed by atoms with E-state index in [1.807, 2.05) is 23.2 Å². The molecule has 144 valence electrons. The van der Waals surface area contributed by atoms with Crippen LogP contribution in [0.15, 0.2) is 30.5 Å². The highest BCUT2D eigenvalue weighted by Gasteiger charge is 2.32. The predicted octanol–water partition coefficient (Wildman–Crippen LogP) is 3.26. The third-order valence-electron chi connectivity index (χ3n) is 6.23. The minimum absolute atomic E-state index is 0.0654. The van der Waals surface area contributed by atoms with E-state index in [0.29, 0.717) is 12.5 Å². The number of aromatic amines is 1. The summed E-state index contributed by atoms with van der Waals surface area (Å²) < 4.78 is 0. The average Bonchev–Trinajstić information content (AvgIpc) is 3.38. The minimum Gasteiger partial charge on any atom is -0.361 e. The first kappa shape index (κ1) is 18.1. The molecule has 0 unspecified atom stereocenters. The Morgan fingerprint density at radius 1 is 1.04 bits per heavy atom. The third-order valence-corrected chi connectivity index (χ3v) is 6.23. The Bertz CT molecular complexity index is 799. The fraction of sp³-hybridized carbons (Fsp3) is 0.545. The number of H-pyrrole nitrogens is 1. The average molecular weight is 367 g/mol. The van der Waals surface area contributed by atoms with E-state index in [-0.39, 0.29) is 17.7 Å². The largest absolute Gasteiger partial charge is 0.361 e. The molecule has 2 fully saturated rings. The molecule has 1 saturated carbocycles. The summed E-state index contributed by atoms with van der Waals surface area (Å²) in [6, 6.07) is 8.25. The first-order chi connectivity index (χ1) is 13.2. The van der Waals surface area contributed by atoms with Crippen molar-refractivity contribution in [3.8, 4) is 0 Å². The molecule has 1 aliphatic heterocycles. The van der Waals surface area contributed by atoms with E-state index >= 15 is 0 Å². The number of para-hydroxylation sites is 1. The van der Waals surface area contributed by atoms with Crippen LogP contribution >= 0.6 is 0 Å². The van der Waals surface area contributed by atoms with E-state index in [9.17, 15) is 9.59 Å². The molecule has 1 aromatic carbocycles. The summed E-state index contributed by atoms with van der Waals surface area (Å²) in [6.07, 6.45) is 8.53. The summed E-state index contributed by atoms with van der Waals surface area (Å²) in [6.45, 7) is 2.51. The normalized spacial score (nSPS) is 22.9. The Morgan fingerprint density at radius 2 is 1.74 bits per heavy atom. The number of rotatable bonds is 5. The van der Waals surface area contributed by atoms with Crippen molar-refractivity contribution < 1.29 is 9.59 Å². The summed E-state index contributed by atoms with van der Waals surface area (Å²) in [4.78, 5) is 30.3. The molecule has 4 rings (SSSR count). The number of nitrogens with one attached hydrogen (secondary N) is 2. The van der Waals surface area contributed by atoms with Gasteiger partial charge in [-0.3, -0.25) is 9.59 Å². The molecule has 1 aromatic heterocycles. The van der Waals surface area contributed by atoms with E-state index in [1.165, 1.54) is 10.9 Å². The van der Waals surface area contributed by atoms with Crippen molar-refractivity contribution in [1.29, 1.82) is 0 Å². The first-order valence-electron chi connectivity index (χ1n) is 10.3. The Kier molecular flexibility index (Phi) is 5.46. The van der Waals surface area contributed by atoms with Gasteiger partial charge in [-0.15, -0.1) is 0 Å². The van der Waals surface area contributed by atoms with Crippen LogP contribution in [0.4, 0.5) is 0 Å². The molecule has 1 aliphatic carbocycles. The van der Waals surface area contributed by atoms with Crippen molar-refractivity contribution in [2.24, 2.45) is 11.8 Å². The third kappa shape index (κ3) is 4.02. The standard InChI is InChI=1S/C22H29N3O2/c26-21(23-12-11-18-15-24-20-6-2-1-5-19(18)20)16-7-9-17(10-8-16)22(27)25-13-3-4-14-25/h1-2,5-6,15-17,24H,3-4,7-14H2,(H,23,26). The maximum Gasteiger partial charge on any atom is 0.225 e. The monoisotopic (exact) mass is 367 g/mol. The van der Waals surface area contributed by atoms with Crippen molar-refractivity contribution in [2.75, 3.05) is 19.6 Å². The molecule has 0 spiro atoms. The SMILES string of the molecule is O=C(NCCc1c[nH]c2ccccc12)C1CCC(C(=O)N2CCCC2)CC1. The van der Waals surface area contributed by atoms with Gasteiger partial charge in [0.2, 0.25) is 11.8 Å². The van der Waals surface area contributed by atoms with Gasteiger partial charge in [-0.25, -0.2) is 0 Å². The van der Waals surface area contributed by atoms with Crippen LogP contribution in [0.5, 0.6) is 0 Å². The van der Waals surface area contributed by atoms with Gasteiger partial charge in [0.15, 0.2) is 0 Å². The number of aromatic nitrogens is 1. The number of fused-ring (bicyclic) bond motifs is 1. The quantitative estimate of drug-likeness (QED) is 0.852. The van der Waals surface area contributed by atoms with E-state index in [0.717, 1.165) is 63.6 Å². The number of carbonyl (C=O) groups is 2. The second-order valence-electron chi connectivity index (χ2n) is 7.98. The van der Waals surface area contributed by atoms with Crippen LogP contribution in [0, 0.1) is 11.8 Å². The summed E-state index contributed by atoms with van der Waals surface area (Å²) in [7, 11) is 0. The second-order valence-corrected chi connectivity index (χ2v) is 7.98. The van der Waals surface area contributed by atoms with E-state index < -0.39 is 0 Å². The van der Waals surface area contributed by atoms with Gasteiger partial charge in [-0.2, -0.15) is 0 Å². The number of carbonyl (C=O) groups excluding carboxylic acids is 2. The number of amides is 2. The van der Waals surface area contributed by atoms with Crippen LogP contribution in [-0.2, 0) is 16.0 Å². The van der Waals surface area contributed by atoms with Crippen molar-refractivity contribution >= 4 is 22.7 Å². The number of nitrogens with zero attached hydrogens (tertiary/aromatic N) is 1. The fourth-order valence-electron chi connectivity index (χ4n) is 4.60. The zero-order chi connectivity index (χ0) is 18.6. The molecule has 5 heteroatoms. The van der Waals surface area contributed by atoms with Crippen LogP contribution in [0.2, 0.25) is 0 Å². The molecular formula is C22H29N3O2. The van der Waals surface area contributed by atoms with Gasteiger partial charge in [0.25, 0.3) is 0 Å². The highest BCUT2D eigenvalue weighted by molar-refractivity contribution is 5.83. The molecule has 2 N–H and O–H groups in total. The molecule has 2 amide bonds. The highest BCUT2D eigenvalue weighted by Crippen LogP contribution is 2.31. The highest BCUT2D eigenvalue weighted by atomic mass is 16.2. The predicted molar refractivity (Wildman–Crippen MR) is 106 cm³/mol. The van der Waals surface area contributed by atoms with Crippen molar-refractivity contribution in [2.45, 2.75) is 44.9 Å².